The van der Waals surface area contributed by atoms with Crippen molar-refractivity contribution in [2.45, 2.75) is 0 Å². The quantitative estimate of drug-likeness (QED) is 0.468. The minimum Gasteiger partial charge on any atom is -2.00 e. The molecule has 0 bridgehead atoms. The van der Waals surface area contributed by atoms with E-state index in [1.807, 2.05) is 0 Å². The summed E-state index contributed by atoms with van der Waals surface area (Å²) in [6.45, 7) is 0. The monoisotopic (exact) mass is 234 g/mol. The first kappa shape index (κ1) is 235. The molecule has 0 aliphatic carbocycles. The van der Waals surface area contributed by atoms with Crippen molar-refractivity contribution in [1.29, 1.82) is 0 Å². The molecule has 0 saturated carbocycles. The molecule has 0 rings (SSSR count). The zero-order valence-corrected chi connectivity index (χ0v) is 6.10. The molecule has 0 aliphatic heterocycles. The van der Waals surface area contributed by atoms with Gasteiger partial charge in [-0.2, -0.15) is 0 Å². The first-order valence-corrected chi connectivity index (χ1v) is 0. The van der Waals surface area contributed by atoms with Gasteiger partial charge in [0.05, 0.1) is 0 Å². The second kappa shape index (κ2) is 155. The molecule has 0 radical (unpaired) electrons. The van der Waals surface area contributed by atoms with Crippen molar-refractivity contribution in [2.75, 3.05) is 0 Å². The molecule has 0 amide bonds. The van der Waals surface area contributed by atoms with E-state index in [-0.39, 0.29) is 73.1 Å². The molecule has 0 aromatic rings. The van der Waals surface area contributed by atoms with Gasteiger partial charge in [-0.15, -0.1) is 0 Å². The van der Waals surface area contributed by atoms with Crippen LogP contribution in [-0.2, 0) is 67.6 Å². The van der Waals surface area contributed by atoms with E-state index >= 15 is 0 Å². The molecule has 0 atom stereocenters. The van der Waals surface area contributed by atoms with Crippen LogP contribution in [0.2, 0.25) is 0 Å². The Morgan fingerprint density at radius 1 is 0.429 bits per heavy atom. The zero-order chi connectivity index (χ0) is 0. The molecule has 0 spiro atoms. The molecule has 0 heterocycles. The molecule has 7 heteroatoms. The van der Waals surface area contributed by atoms with E-state index in [0.717, 1.165) is 0 Å². The van der Waals surface area contributed by atoms with Gasteiger partial charge in [0.2, 0.25) is 0 Å². The van der Waals surface area contributed by atoms with E-state index in [1.54, 1.807) is 0 Å². The van der Waals surface area contributed by atoms with Crippen molar-refractivity contribution >= 4 is 0 Å². The smallest absolute Gasteiger partial charge is 2.00 e. The van der Waals surface area contributed by atoms with Gasteiger partial charge in [-0.05, 0) is 0 Å². The summed E-state index contributed by atoms with van der Waals surface area (Å²) in [4.78, 5) is 0. The second-order valence-electron chi connectivity index (χ2n) is 0. The summed E-state index contributed by atoms with van der Waals surface area (Å²) in [5.41, 5.74) is 0. The number of hydrogen-bond donors (Lipinski definition) is 0. The third-order valence-electron chi connectivity index (χ3n) is 0. The summed E-state index contributed by atoms with van der Waals surface area (Å²) in [5, 5.41) is 0. The van der Waals surface area contributed by atoms with Crippen molar-refractivity contribution in [3.63, 3.8) is 0 Å². The minimum atomic E-state index is 0. The van der Waals surface area contributed by atoms with Gasteiger partial charge in [-0.25, -0.2) is 0 Å². The fraction of sp³-hybridized carbons (Fsp3) is 0. The van der Waals surface area contributed by atoms with Crippen LogP contribution in [0.15, 0.2) is 0 Å². The standard InChI is InChI=1S/3Fe.H2O.3O/h;;;1H2;;;/q3*+2;;3*-2. The molecular formula is H2Fe3O4. The van der Waals surface area contributed by atoms with Crippen LogP contribution in [0.4, 0.5) is 0 Å². The molecule has 7 heavy (non-hydrogen) atoms. The second-order valence-corrected chi connectivity index (χ2v) is 0. The van der Waals surface area contributed by atoms with E-state index in [4.69, 9.17) is 0 Å². The Labute approximate surface area is 73.1 Å². The summed E-state index contributed by atoms with van der Waals surface area (Å²) in [6, 6.07) is 0. The topological polar surface area (TPSA) is 117 Å². The van der Waals surface area contributed by atoms with Crippen molar-refractivity contribution in [3.05, 3.63) is 0 Å². The number of hydrogen-bond acceptors (Lipinski definition) is 0. The van der Waals surface area contributed by atoms with Crippen molar-refractivity contribution in [3.8, 4) is 0 Å². The average Bonchev–Trinajstić information content (AvgIpc) is 0. The van der Waals surface area contributed by atoms with Crippen LogP contribution < -0.4 is 0 Å². The molecule has 2 N–H and O–H groups in total. The van der Waals surface area contributed by atoms with E-state index in [1.165, 1.54) is 0 Å². The molecule has 0 fully saturated rings. The predicted molar refractivity (Wildman–Crippen MR) is 5.67 cm³/mol. The molecule has 0 aromatic heterocycles. The Morgan fingerprint density at radius 2 is 0.429 bits per heavy atom. The Hall–Kier alpha value is 1.40. The molecule has 0 saturated heterocycles. The maximum Gasteiger partial charge on any atom is 2.00 e. The van der Waals surface area contributed by atoms with Crippen LogP contribution >= 0.6 is 0 Å². The number of rotatable bonds is 0. The van der Waals surface area contributed by atoms with Gasteiger partial charge in [0.1, 0.15) is 0 Å². The Morgan fingerprint density at radius 3 is 0.429 bits per heavy atom. The molecular weight excluding hydrogens is 232 g/mol. The van der Waals surface area contributed by atoms with Crippen LogP contribution in [0.5, 0.6) is 0 Å². The summed E-state index contributed by atoms with van der Waals surface area (Å²) < 4.78 is 0. The van der Waals surface area contributed by atoms with Gasteiger partial charge in [-0.3, -0.25) is 0 Å². The van der Waals surface area contributed by atoms with Gasteiger partial charge < -0.3 is 21.9 Å². The average molecular weight is 234 g/mol. The van der Waals surface area contributed by atoms with Gasteiger partial charge in [0.15, 0.2) is 0 Å². The van der Waals surface area contributed by atoms with Crippen molar-refractivity contribution in [2.24, 2.45) is 0 Å². The third-order valence-corrected chi connectivity index (χ3v) is 0. The van der Waals surface area contributed by atoms with Gasteiger partial charge in [-0.1, -0.05) is 0 Å². The normalized spacial score (nSPS) is 0. The van der Waals surface area contributed by atoms with Crippen LogP contribution in [0.25, 0.3) is 0 Å². The van der Waals surface area contributed by atoms with E-state index in [2.05, 4.69) is 0 Å². The SMILES string of the molecule is O.[Fe+2].[Fe+2].[Fe+2].[O-2].[O-2].[O-2]. The molecule has 4 nitrogen and oxygen atoms in total. The van der Waals surface area contributed by atoms with Crippen LogP contribution in [-0.4, -0.2) is 5.48 Å². The fourth-order valence-corrected chi connectivity index (χ4v) is 0. The molecule has 0 aliphatic rings. The van der Waals surface area contributed by atoms with Crippen molar-refractivity contribution in [1.82, 2.24) is 0 Å². The maximum absolute atomic E-state index is 0. The molecule has 0 aromatic carbocycles. The van der Waals surface area contributed by atoms with Crippen molar-refractivity contribution < 1.29 is 73.1 Å². The molecule has 50 valence electrons. The van der Waals surface area contributed by atoms with Gasteiger partial charge >= 0.3 is 51.2 Å². The van der Waals surface area contributed by atoms with E-state index in [9.17, 15) is 0 Å². The Balaban J connectivity index is 0. The fourth-order valence-electron chi connectivity index (χ4n) is 0. The molecule has 0 unspecified atom stereocenters. The van der Waals surface area contributed by atoms with Gasteiger partial charge in [0.25, 0.3) is 0 Å². The summed E-state index contributed by atoms with van der Waals surface area (Å²) in [6.07, 6.45) is 0. The van der Waals surface area contributed by atoms with E-state index < -0.39 is 0 Å². The van der Waals surface area contributed by atoms with Crippen LogP contribution in [0.1, 0.15) is 0 Å². The largest absolute Gasteiger partial charge is 2.00 e. The van der Waals surface area contributed by atoms with Gasteiger partial charge in [0, 0.05) is 0 Å². The first-order chi connectivity index (χ1) is 0. The minimum absolute atomic E-state index is 0. The third kappa shape index (κ3) is 110. The predicted octanol–water partition coefficient (Wildman–Crippen LogP) is -1.19. The Bertz CT molecular complexity index is 6.90. The van der Waals surface area contributed by atoms with E-state index in [0.29, 0.717) is 0 Å². The first-order valence-electron chi connectivity index (χ1n) is 0. The van der Waals surface area contributed by atoms with Crippen LogP contribution in [0.3, 0.4) is 0 Å². The maximum atomic E-state index is 0. The Kier molecular flexibility index (Phi) is 5200. The summed E-state index contributed by atoms with van der Waals surface area (Å²) in [5.74, 6) is 0. The summed E-state index contributed by atoms with van der Waals surface area (Å²) >= 11 is 0. The van der Waals surface area contributed by atoms with Crippen LogP contribution in [0, 0.1) is 0 Å². The summed E-state index contributed by atoms with van der Waals surface area (Å²) in [7, 11) is 0. The zero-order valence-electron chi connectivity index (χ0n) is 2.79.